The van der Waals surface area contributed by atoms with Crippen molar-refractivity contribution in [2.45, 2.75) is 38.5 Å². The lowest BCUT2D eigenvalue weighted by Gasteiger charge is -2.31. The van der Waals surface area contributed by atoms with Crippen molar-refractivity contribution in [3.63, 3.8) is 0 Å². The predicted molar refractivity (Wildman–Crippen MR) is 436 cm³/mol. The summed E-state index contributed by atoms with van der Waals surface area (Å²) in [6.45, 7) is 9.49. The number of fused-ring (bicyclic) bond motifs is 29. The van der Waals surface area contributed by atoms with E-state index in [0.717, 1.165) is 28.0 Å². The second kappa shape index (κ2) is 20.9. The minimum Gasteiger partial charge on any atom is -0.456 e. The van der Waals surface area contributed by atoms with Crippen molar-refractivity contribution in [1.82, 2.24) is 9.13 Å². The lowest BCUT2D eigenvalue weighted by molar-refractivity contribution is 0.656. The second-order valence-electron chi connectivity index (χ2n) is 30.4. The molecule has 0 fully saturated rings. The van der Waals surface area contributed by atoms with Crippen LogP contribution in [0.3, 0.4) is 0 Å². The van der Waals surface area contributed by atoms with E-state index in [2.05, 4.69) is 352 Å². The lowest BCUT2D eigenvalue weighted by atomic mass is 9.72. The number of aromatic nitrogens is 2. The highest BCUT2D eigenvalue weighted by atomic mass is 16.3. The fourth-order valence-electron chi connectivity index (χ4n) is 19.8. The average molecular weight is 1330 g/mol. The quantitative estimate of drug-likeness (QED) is 0.165. The van der Waals surface area contributed by atoms with Gasteiger partial charge in [-0.15, -0.1) is 0 Å². The van der Waals surface area contributed by atoms with Crippen LogP contribution in [-0.2, 0) is 10.8 Å². The van der Waals surface area contributed by atoms with Crippen LogP contribution in [-0.4, -0.2) is 9.13 Å². The Hall–Kier alpha value is -12.8. The van der Waals surface area contributed by atoms with Crippen molar-refractivity contribution in [3.8, 4) is 44.8 Å². The summed E-state index contributed by atoms with van der Waals surface area (Å²) in [5.74, 6) is 0.724. The summed E-state index contributed by atoms with van der Waals surface area (Å²) in [4.78, 5) is 0. The van der Waals surface area contributed by atoms with Gasteiger partial charge >= 0.3 is 0 Å². The Morgan fingerprint density at radius 3 is 1.21 bits per heavy atom. The lowest BCUT2D eigenvalue weighted by Crippen LogP contribution is -2.18. The zero-order valence-electron chi connectivity index (χ0n) is 57.9. The van der Waals surface area contributed by atoms with Gasteiger partial charge in [0.1, 0.15) is 22.3 Å². The Morgan fingerprint density at radius 2 is 0.692 bits per heavy atom. The predicted octanol–water partition coefficient (Wildman–Crippen LogP) is 26.8. The van der Waals surface area contributed by atoms with Gasteiger partial charge in [-0.25, -0.2) is 0 Å². The van der Waals surface area contributed by atoms with Gasteiger partial charge in [0.25, 0.3) is 0 Å². The number of hydrogen-bond acceptors (Lipinski definition) is 2. The van der Waals surface area contributed by atoms with Gasteiger partial charge in [-0.05, 0) is 212 Å². The Kier molecular flexibility index (Phi) is 11.7. The number of rotatable bonds is 4. The Bertz CT molecular complexity index is 7170. The van der Waals surface area contributed by atoms with E-state index in [1.807, 2.05) is 0 Å². The monoisotopic (exact) mass is 1330 g/mol. The normalized spacial score (nSPS) is 16.4. The molecule has 0 bridgehead atoms. The van der Waals surface area contributed by atoms with Gasteiger partial charge < -0.3 is 18.0 Å². The number of allylic oxidation sites excluding steroid dienone is 8. The molecule has 0 N–H and O–H groups in total. The van der Waals surface area contributed by atoms with Crippen LogP contribution in [0.4, 0.5) is 0 Å². The summed E-state index contributed by atoms with van der Waals surface area (Å²) in [5.41, 5.74) is 32.2. The fraction of sp³-hybridized carbons (Fsp3) is 0.0800. The number of furan rings is 2. The molecular weight excluding hydrogens is 1260 g/mol. The van der Waals surface area contributed by atoms with E-state index in [-0.39, 0.29) is 10.8 Å². The molecule has 0 aliphatic heterocycles. The van der Waals surface area contributed by atoms with Gasteiger partial charge in [-0.3, -0.25) is 0 Å². The largest absolute Gasteiger partial charge is 0.456 e. The molecular formula is C100H66N2O2. The molecule has 0 saturated heterocycles. The summed E-state index contributed by atoms with van der Waals surface area (Å²) in [7, 11) is 0. The zero-order valence-corrected chi connectivity index (χ0v) is 57.9. The number of nitrogens with zero attached hydrogens (tertiary/aromatic N) is 2. The molecule has 0 amide bonds. The molecule has 2 unspecified atom stereocenters. The first kappa shape index (κ1) is 57.9. The minimum atomic E-state index is -0.165. The average Bonchev–Trinajstić information content (AvgIpc) is 1.53. The molecule has 4 nitrogen and oxygen atoms in total. The molecule has 4 heteroatoms. The zero-order chi connectivity index (χ0) is 68.6. The molecule has 19 aromatic rings. The summed E-state index contributed by atoms with van der Waals surface area (Å²) < 4.78 is 17.7. The third-order valence-electron chi connectivity index (χ3n) is 24.6. The van der Waals surface area contributed by atoms with Crippen molar-refractivity contribution >= 4 is 137 Å². The first-order chi connectivity index (χ1) is 51.1. The first-order valence-electron chi connectivity index (χ1n) is 36.6. The van der Waals surface area contributed by atoms with Crippen LogP contribution in [0.5, 0.6) is 0 Å². The third-order valence-corrected chi connectivity index (χ3v) is 24.6. The van der Waals surface area contributed by atoms with E-state index in [4.69, 9.17) is 8.83 Å². The summed E-state index contributed by atoms with van der Waals surface area (Å²) in [5, 5.41) is 17.7. The highest BCUT2D eigenvalue weighted by Crippen LogP contribution is 2.59. The first-order valence-corrected chi connectivity index (χ1v) is 36.6. The maximum atomic E-state index is 6.37. The molecule has 0 radical (unpaired) electrons. The topological polar surface area (TPSA) is 36.1 Å². The maximum Gasteiger partial charge on any atom is 0.136 e. The van der Waals surface area contributed by atoms with Crippen LogP contribution in [0.2, 0.25) is 0 Å². The van der Waals surface area contributed by atoms with Gasteiger partial charge in [-0.1, -0.05) is 252 Å². The highest BCUT2D eigenvalue weighted by molar-refractivity contribution is 6.26. The summed E-state index contributed by atoms with van der Waals surface area (Å²) >= 11 is 0. The van der Waals surface area contributed by atoms with Crippen LogP contribution >= 0.6 is 0 Å². The van der Waals surface area contributed by atoms with Crippen molar-refractivity contribution in [2.75, 3.05) is 0 Å². The molecule has 0 spiro atoms. The fourth-order valence-corrected chi connectivity index (χ4v) is 19.8. The highest BCUT2D eigenvalue weighted by Gasteiger charge is 2.43. The van der Waals surface area contributed by atoms with Crippen LogP contribution < -0.4 is 0 Å². The Morgan fingerprint density at radius 1 is 0.279 bits per heavy atom. The van der Waals surface area contributed by atoms with E-state index in [0.29, 0.717) is 11.8 Å². The summed E-state index contributed by atoms with van der Waals surface area (Å²) in [6.07, 6.45) is 11.7. The molecule has 24 rings (SSSR count). The van der Waals surface area contributed by atoms with Gasteiger partial charge in [0, 0.05) is 77.1 Å². The van der Waals surface area contributed by atoms with Crippen LogP contribution in [0.15, 0.2) is 324 Å². The Labute approximate surface area is 600 Å². The van der Waals surface area contributed by atoms with E-state index in [1.165, 1.54) is 192 Å². The van der Waals surface area contributed by atoms with E-state index in [1.54, 1.807) is 0 Å². The van der Waals surface area contributed by atoms with Gasteiger partial charge in [0.2, 0.25) is 0 Å². The minimum absolute atomic E-state index is 0.156. The van der Waals surface area contributed by atoms with Gasteiger partial charge in [-0.2, -0.15) is 0 Å². The van der Waals surface area contributed by atoms with Crippen LogP contribution in [0, 0.1) is 11.8 Å². The van der Waals surface area contributed by atoms with E-state index in [9.17, 15) is 0 Å². The van der Waals surface area contributed by atoms with Crippen molar-refractivity contribution in [1.29, 1.82) is 0 Å². The molecule has 4 aromatic heterocycles. The smallest absolute Gasteiger partial charge is 0.136 e. The van der Waals surface area contributed by atoms with Crippen LogP contribution in [0.25, 0.3) is 181 Å². The molecule has 5 aliphatic rings. The van der Waals surface area contributed by atoms with Crippen molar-refractivity contribution in [2.24, 2.45) is 11.8 Å². The van der Waals surface area contributed by atoms with Crippen molar-refractivity contribution in [3.05, 3.63) is 354 Å². The molecule has 5 aliphatic carbocycles. The van der Waals surface area contributed by atoms with Crippen molar-refractivity contribution < 1.29 is 8.83 Å². The third kappa shape index (κ3) is 7.81. The SMILES string of the molecule is CC1(C)c2cc3c(cc2-c2c1ccc1oc4ccccc4c21)c1ccccc1n3-c1ccc(-c2ccc3c4ccccc4c4ccccc4c3c2)cc1.CC1(C)c2cc3c(cc2-c2c1ccc1oc4ccccc4c21)c1ccccc1n3-c1ccc(C2=CC=C3c4ccccc4C4=CC=CC2C43)cc1. The van der Waals surface area contributed by atoms with Gasteiger partial charge in [0.05, 0.1) is 22.1 Å². The molecule has 0 saturated carbocycles. The maximum absolute atomic E-state index is 6.37. The van der Waals surface area contributed by atoms with E-state index < -0.39 is 0 Å². The number of para-hydroxylation sites is 4. The molecule has 2 atom stereocenters. The Balaban J connectivity index is 0.000000127. The standard InChI is InChI=1S/C51H33NO.C49H33NO/c1-51(2)43-25-26-48-50(39-16-8-10-18-47(39)53-48)49(43)42-28-41-38-15-7-9-17-45(38)52(46(41)29-44(42)51)32-22-19-30(20-23-32)31-21-24-37-35-13-4-3-11-33(35)34-12-5-6-14-36(34)40(37)27-31;1-49(2)40-24-25-45-48(37-13-6-8-17-44(37)51-45)47(40)39-26-38-33-12-5-7-16-42(33)50(43(38)27-41(39)49)29-20-18-28(19-21-29)30-22-23-36-32-11-4-3-10-31(32)35-15-9-14-34(30)46(35)36/h3-29H,1-2H3;3-27,34,46H,1-2H3. The summed E-state index contributed by atoms with van der Waals surface area (Å²) in [6, 6.07) is 105. The van der Waals surface area contributed by atoms with Gasteiger partial charge in [0.15, 0.2) is 0 Å². The molecule has 15 aromatic carbocycles. The van der Waals surface area contributed by atoms with E-state index >= 15 is 0 Å². The number of benzene rings is 15. The number of hydrogen-bond donors (Lipinski definition) is 0. The molecule has 488 valence electrons. The molecule has 4 heterocycles. The van der Waals surface area contributed by atoms with Crippen LogP contribution in [0.1, 0.15) is 66.6 Å². The second-order valence-corrected chi connectivity index (χ2v) is 30.4. The molecule has 104 heavy (non-hydrogen) atoms.